The van der Waals surface area contributed by atoms with Gasteiger partial charge in [-0.15, -0.1) is 0 Å². The minimum Gasteiger partial charge on any atom is -0.480 e. The van der Waals surface area contributed by atoms with Crippen LogP contribution in [0.15, 0.2) is 30.3 Å². The molecule has 1 amide bonds. The van der Waals surface area contributed by atoms with E-state index in [0.717, 1.165) is 45.3 Å². The van der Waals surface area contributed by atoms with Gasteiger partial charge in [0.05, 0.1) is 5.92 Å². The fourth-order valence-electron chi connectivity index (χ4n) is 3.61. The van der Waals surface area contributed by atoms with Gasteiger partial charge in [-0.3, -0.25) is 9.69 Å². The standard InChI is InChI=1S/C19H26N2O3/c1-14(19(23)24)21(17-9-10-17)18(22)16-8-5-11-20(13-16)12-15-6-3-2-4-7-15/h2-4,6-7,14,16-17H,5,8-13H2,1H3,(H,23,24). The van der Waals surface area contributed by atoms with Crippen molar-refractivity contribution in [3.05, 3.63) is 35.9 Å². The van der Waals surface area contributed by atoms with E-state index < -0.39 is 12.0 Å². The van der Waals surface area contributed by atoms with Gasteiger partial charge in [-0.05, 0) is 44.7 Å². The average molecular weight is 330 g/mol. The van der Waals surface area contributed by atoms with Gasteiger partial charge in [-0.1, -0.05) is 30.3 Å². The second-order valence-electron chi connectivity index (χ2n) is 7.05. The summed E-state index contributed by atoms with van der Waals surface area (Å²) < 4.78 is 0. The number of likely N-dealkylation sites (tertiary alicyclic amines) is 1. The van der Waals surface area contributed by atoms with E-state index in [-0.39, 0.29) is 17.9 Å². The second-order valence-corrected chi connectivity index (χ2v) is 7.05. The molecule has 3 rings (SSSR count). The Morgan fingerprint density at radius 3 is 2.58 bits per heavy atom. The number of carbonyl (C=O) groups is 2. The highest BCUT2D eigenvalue weighted by Gasteiger charge is 2.41. The quantitative estimate of drug-likeness (QED) is 0.870. The Hall–Kier alpha value is -1.88. The van der Waals surface area contributed by atoms with E-state index >= 15 is 0 Å². The highest BCUT2D eigenvalue weighted by Crippen LogP contribution is 2.32. The summed E-state index contributed by atoms with van der Waals surface area (Å²) in [5, 5.41) is 9.32. The van der Waals surface area contributed by atoms with Crippen LogP contribution >= 0.6 is 0 Å². The first kappa shape index (κ1) is 17.0. The van der Waals surface area contributed by atoms with Crippen LogP contribution in [0, 0.1) is 5.92 Å². The molecule has 24 heavy (non-hydrogen) atoms. The molecule has 1 aliphatic carbocycles. The number of hydrogen-bond donors (Lipinski definition) is 1. The normalized spacial score (nSPS) is 22.8. The summed E-state index contributed by atoms with van der Waals surface area (Å²) in [6.45, 7) is 4.20. The van der Waals surface area contributed by atoms with Gasteiger partial charge in [0.2, 0.25) is 5.91 Å². The van der Waals surface area contributed by atoms with Crippen LogP contribution in [0.25, 0.3) is 0 Å². The molecule has 130 valence electrons. The number of piperidine rings is 1. The van der Waals surface area contributed by atoms with Crippen LogP contribution in [0.3, 0.4) is 0 Å². The molecular weight excluding hydrogens is 304 g/mol. The molecule has 1 saturated carbocycles. The molecule has 2 fully saturated rings. The Morgan fingerprint density at radius 2 is 1.96 bits per heavy atom. The van der Waals surface area contributed by atoms with Crippen LogP contribution in [0.2, 0.25) is 0 Å². The van der Waals surface area contributed by atoms with Crippen LogP contribution in [-0.2, 0) is 16.1 Å². The maximum atomic E-state index is 13.0. The van der Waals surface area contributed by atoms with Gasteiger partial charge in [0.25, 0.3) is 0 Å². The lowest BCUT2D eigenvalue weighted by molar-refractivity contribution is -0.152. The fraction of sp³-hybridized carbons (Fsp3) is 0.579. The molecule has 1 saturated heterocycles. The maximum Gasteiger partial charge on any atom is 0.326 e. The highest BCUT2D eigenvalue weighted by atomic mass is 16.4. The largest absolute Gasteiger partial charge is 0.480 e. The first-order chi connectivity index (χ1) is 11.6. The van der Waals surface area contributed by atoms with E-state index in [1.54, 1.807) is 11.8 Å². The van der Waals surface area contributed by atoms with Gasteiger partial charge in [-0.25, -0.2) is 4.79 Å². The van der Waals surface area contributed by atoms with Crippen molar-refractivity contribution in [2.45, 2.75) is 51.2 Å². The highest BCUT2D eigenvalue weighted by molar-refractivity contribution is 5.85. The van der Waals surface area contributed by atoms with E-state index in [9.17, 15) is 14.7 Å². The molecule has 0 bridgehead atoms. The van der Waals surface area contributed by atoms with Crippen molar-refractivity contribution in [3.63, 3.8) is 0 Å². The number of hydrogen-bond acceptors (Lipinski definition) is 3. The third-order valence-electron chi connectivity index (χ3n) is 5.07. The van der Waals surface area contributed by atoms with Crippen LogP contribution in [0.4, 0.5) is 0 Å². The topological polar surface area (TPSA) is 60.9 Å². The number of benzene rings is 1. The number of amides is 1. The first-order valence-corrected chi connectivity index (χ1v) is 8.87. The molecule has 1 aromatic rings. The molecule has 2 aliphatic rings. The smallest absolute Gasteiger partial charge is 0.326 e. The Bertz CT molecular complexity index is 586. The molecule has 2 atom stereocenters. The summed E-state index contributed by atoms with van der Waals surface area (Å²) in [5.41, 5.74) is 1.25. The second kappa shape index (κ2) is 7.34. The lowest BCUT2D eigenvalue weighted by Crippen LogP contribution is -2.50. The van der Waals surface area contributed by atoms with Gasteiger partial charge in [-0.2, -0.15) is 0 Å². The molecule has 2 unspecified atom stereocenters. The van der Waals surface area contributed by atoms with Crippen LogP contribution in [-0.4, -0.2) is 52.0 Å². The molecule has 0 aromatic heterocycles. The van der Waals surface area contributed by atoms with Crippen LogP contribution in [0.5, 0.6) is 0 Å². The van der Waals surface area contributed by atoms with E-state index in [1.165, 1.54) is 5.56 Å². The zero-order valence-corrected chi connectivity index (χ0v) is 14.2. The molecule has 1 N–H and O–H groups in total. The number of carboxylic acid groups (broad SMARTS) is 1. The van der Waals surface area contributed by atoms with Crippen molar-refractivity contribution in [2.75, 3.05) is 13.1 Å². The van der Waals surface area contributed by atoms with Gasteiger partial charge in [0.1, 0.15) is 6.04 Å². The Labute approximate surface area is 143 Å². The predicted octanol–water partition coefficient (Wildman–Crippen LogP) is 2.36. The number of rotatable bonds is 6. The van der Waals surface area contributed by atoms with Gasteiger partial charge < -0.3 is 10.0 Å². The Morgan fingerprint density at radius 1 is 1.25 bits per heavy atom. The minimum absolute atomic E-state index is 0.0326. The van der Waals surface area contributed by atoms with Crippen molar-refractivity contribution in [3.8, 4) is 0 Å². The van der Waals surface area contributed by atoms with E-state index in [0.29, 0.717) is 0 Å². The monoisotopic (exact) mass is 330 g/mol. The molecule has 0 spiro atoms. The van der Waals surface area contributed by atoms with Crippen molar-refractivity contribution in [1.82, 2.24) is 9.80 Å². The fourth-order valence-corrected chi connectivity index (χ4v) is 3.61. The summed E-state index contributed by atoms with van der Waals surface area (Å²) in [4.78, 5) is 28.3. The lowest BCUT2D eigenvalue weighted by Gasteiger charge is -2.36. The Balaban J connectivity index is 1.64. The molecule has 1 aliphatic heterocycles. The van der Waals surface area contributed by atoms with Crippen LogP contribution in [0.1, 0.15) is 38.2 Å². The number of nitrogens with zero attached hydrogens (tertiary/aromatic N) is 2. The molecular formula is C19H26N2O3. The zero-order valence-electron chi connectivity index (χ0n) is 14.2. The number of aliphatic carboxylic acids is 1. The molecule has 0 radical (unpaired) electrons. The summed E-state index contributed by atoms with van der Waals surface area (Å²) in [5.74, 6) is -0.956. The molecule has 1 aromatic carbocycles. The molecule has 5 heteroatoms. The summed E-state index contributed by atoms with van der Waals surface area (Å²) in [6.07, 6.45) is 3.72. The third kappa shape index (κ3) is 3.96. The SMILES string of the molecule is CC(C(=O)O)N(C(=O)C1CCCN(Cc2ccccc2)C1)C1CC1. The van der Waals surface area contributed by atoms with Crippen molar-refractivity contribution >= 4 is 11.9 Å². The molecule has 5 nitrogen and oxygen atoms in total. The summed E-state index contributed by atoms with van der Waals surface area (Å²) in [6, 6.07) is 9.69. The average Bonchev–Trinajstić information content (AvgIpc) is 3.41. The van der Waals surface area contributed by atoms with Crippen LogP contribution < -0.4 is 0 Å². The van der Waals surface area contributed by atoms with Gasteiger partial charge >= 0.3 is 5.97 Å². The maximum absolute atomic E-state index is 13.0. The van der Waals surface area contributed by atoms with E-state index in [1.807, 2.05) is 18.2 Å². The van der Waals surface area contributed by atoms with E-state index in [4.69, 9.17) is 0 Å². The summed E-state index contributed by atoms with van der Waals surface area (Å²) >= 11 is 0. The minimum atomic E-state index is -0.910. The lowest BCUT2D eigenvalue weighted by atomic mass is 9.95. The zero-order chi connectivity index (χ0) is 17.1. The number of carboxylic acids is 1. The van der Waals surface area contributed by atoms with Crippen molar-refractivity contribution < 1.29 is 14.7 Å². The summed E-state index contributed by atoms with van der Waals surface area (Å²) in [7, 11) is 0. The first-order valence-electron chi connectivity index (χ1n) is 8.87. The number of carbonyl (C=O) groups excluding carboxylic acids is 1. The van der Waals surface area contributed by atoms with Crippen molar-refractivity contribution in [1.29, 1.82) is 0 Å². The van der Waals surface area contributed by atoms with E-state index in [2.05, 4.69) is 17.0 Å². The predicted molar refractivity (Wildman–Crippen MR) is 91.4 cm³/mol. The van der Waals surface area contributed by atoms with Gasteiger partial charge in [0.15, 0.2) is 0 Å². The third-order valence-corrected chi connectivity index (χ3v) is 5.07. The van der Waals surface area contributed by atoms with Gasteiger partial charge in [0, 0.05) is 19.1 Å². The molecule has 1 heterocycles. The van der Waals surface area contributed by atoms with Crippen molar-refractivity contribution in [2.24, 2.45) is 5.92 Å². The Kier molecular flexibility index (Phi) is 5.19.